The Labute approximate surface area is 114 Å². The predicted octanol–water partition coefficient (Wildman–Crippen LogP) is 1.52. The normalized spacial score (nSPS) is 11.0. The predicted molar refractivity (Wildman–Crippen MR) is 74.4 cm³/mol. The quantitative estimate of drug-likeness (QED) is 0.721. The molecule has 0 spiro atoms. The highest BCUT2D eigenvalue weighted by molar-refractivity contribution is 5.91. The van der Waals surface area contributed by atoms with Gasteiger partial charge in [0.1, 0.15) is 6.54 Å². The second-order valence-corrected chi connectivity index (χ2v) is 4.56. The van der Waals surface area contributed by atoms with Crippen molar-refractivity contribution in [2.45, 2.75) is 26.3 Å². The van der Waals surface area contributed by atoms with Crippen molar-refractivity contribution < 1.29 is 0 Å². The average Bonchev–Trinajstić information content (AvgIpc) is 2.88. The molecule has 1 aromatic carbocycles. The van der Waals surface area contributed by atoms with Crippen molar-refractivity contribution in [1.82, 2.24) is 19.2 Å². The van der Waals surface area contributed by atoms with Crippen LogP contribution in [-0.4, -0.2) is 19.2 Å². The van der Waals surface area contributed by atoms with Crippen molar-refractivity contribution in [1.29, 1.82) is 5.26 Å². The lowest BCUT2D eigenvalue weighted by atomic mass is 10.2. The van der Waals surface area contributed by atoms with E-state index in [0.29, 0.717) is 17.0 Å². The lowest BCUT2D eigenvalue weighted by molar-refractivity contribution is 0.719. The number of nitrogens with zero attached hydrogens (tertiary/aromatic N) is 5. The molecule has 0 bridgehead atoms. The summed E-state index contributed by atoms with van der Waals surface area (Å²) in [5.74, 6) is 0.657. The second kappa shape index (κ2) is 4.78. The van der Waals surface area contributed by atoms with E-state index in [-0.39, 0.29) is 12.2 Å². The van der Waals surface area contributed by atoms with Gasteiger partial charge in [0, 0.05) is 11.8 Å². The van der Waals surface area contributed by atoms with Crippen LogP contribution in [0.25, 0.3) is 16.6 Å². The molecule has 2 aromatic heterocycles. The van der Waals surface area contributed by atoms with E-state index in [1.54, 1.807) is 0 Å². The number of hydrogen-bond donors (Lipinski definition) is 0. The molecule has 0 unspecified atom stereocenters. The minimum absolute atomic E-state index is 0.00173. The van der Waals surface area contributed by atoms with Crippen molar-refractivity contribution in [2.24, 2.45) is 0 Å². The largest absolute Gasteiger partial charge is 0.352 e. The van der Waals surface area contributed by atoms with Gasteiger partial charge in [-0.3, -0.25) is 4.57 Å². The first-order chi connectivity index (χ1) is 9.76. The number of rotatable bonds is 3. The summed E-state index contributed by atoms with van der Waals surface area (Å²) in [6.45, 7) is 2.04. The highest BCUT2D eigenvalue weighted by Gasteiger charge is 2.13. The van der Waals surface area contributed by atoms with Gasteiger partial charge in [-0.2, -0.15) is 9.78 Å². The van der Waals surface area contributed by atoms with Crippen molar-refractivity contribution in [2.75, 3.05) is 0 Å². The van der Waals surface area contributed by atoms with Gasteiger partial charge in [-0.05, 0) is 18.6 Å². The third kappa shape index (κ3) is 1.75. The van der Waals surface area contributed by atoms with Crippen LogP contribution in [0.4, 0.5) is 0 Å². The maximum Gasteiger partial charge on any atom is 0.352 e. The Morgan fingerprint density at radius 1 is 1.35 bits per heavy atom. The van der Waals surface area contributed by atoms with Crippen LogP contribution in [0.15, 0.2) is 29.1 Å². The molecule has 0 fully saturated rings. The van der Waals surface area contributed by atoms with Crippen LogP contribution in [0.2, 0.25) is 0 Å². The van der Waals surface area contributed by atoms with Gasteiger partial charge in [0.2, 0.25) is 0 Å². The van der Waals surface area contributed by atoms with Crippen molar-refractivity contribution in [3.05, 3.63) is 40.6 Å². The number of para-hydroxylation sites is 1. The lowest BCUT2D eigenvalue weighted by Gasteiger charge is -2.06. The van der Waals surface area contributed by atoms with Crippen LogP contribution in [0, 0.1) is 11.3 Å². The van der Waals surface area contributed by atoms with Gasteiger partial charge in [0.05, 0.1) is 11.6 Å². The van der Waals surface area contributed by atoms with Crippen molar-refractivity contribution in [3.63, 3.8) is 0 Å². The molecule has 0 aliphatic carbocycles. The summed E-state index contributed by atoms with van der Waals surface area (Å²) < 4.78 is 2.72. The molecule has 0 radical (unpaired) electrons. The first-order valence-corrected chi connectivity index (χ1v) is 6.50. The fourth-order valence-electron chi connectivity index (χ4n) is 2.33. The zero-order chi connectivity index (χ0) is 14.1. The summed E-state index contributed by atoms with van der Waals surface area (Å²) in [5, 5.41) is 14.0. The maximum atomic E-state index is 12.4. The highest BCUT2D eigenvalue weighted by atomic mass is 16.2. The minimum Gasteiger partial charge on any atom is -0.278 e. The molecular formula is C14H13N5O. The van der Waals surface area contributed by atoms with Crippen molar-refractivity contribution in [3.8, 4) is 6.07 Å². The Bertz CT molecular complexity index is 884. The van der Waals surface area contributed by atoms with E-state index < -0.39 is 0 Å². The first-order valence-electron chi connectivity index (χ1n) is 6.50. The molecule has 0 aliphatic rings. The molecule has 0 saturated heterocycles. The molecular weight excluding hydrogens is 254 g/mol. The van der Waals surface area contributed by atoms with Crippen LogP contribution >= 0.6 is 0 Å². The van der Waals surface area contributed by atoms with Gasteiger partial charge in [-0.15, -0.1) is 5.10 Å². The summed E-state index contributed by atoms with van der Waals surface area (Å²) in [6, 6.07) is 9.46. The van der Waals surface area contributed by atoms with Crippen LogP contribution in [0.1, 0.15) is 19.2 Å². The summed E-state index contributed by atoms with van der Waals surface area (Å²) >= 11 is 0. The average molecular weight is 267 g/mol. The van der Waals surface area contributed by atoms with Gasteiger partial charge < -0.3 is 0 Å². The van der Waals surface area contributed by atoms with Gasteiger partial charge in [-0.25, -0.2) is 9.78 Å². The summed E-state index contributed by atoms with van der Waals surface area (Å²) in [6.07, 6.45) is 1.65. The smallest absolute Gasteiger partial charge is 0.278 e. The number of aromatic nitrogens is 4. The Morgan fingerprint density at radius 3 is 2.90 bits per heavy atom. The summed E-state index contributed by atoms with van der Waals surface area (Å²) in [5.41, 5.74) is 0.945. The van der Waals surface area contributed by atoms with Crippen LogP contribution in [0.5, 0.6) is 0 Å². The van der Waals surface area contributed by atoms with E-state index in [1.807, 2.05) is 37.3 Å². The van der Waals surface area contributed by atoms with E-state index in [2.05, 4.69) is 10.1 Å². The van der Waals surface area contributed by atoms with Gasteiger partial charge in [0.25, 0.3) is 0 Å². The zero-order valence-corrected chi connectivity index (χ0v) is 11.1. The van der Waals surface area contributed by atoms with E-state index in [0.717, 1.165) is 18.2 Å². The molecule has 0 amide bonds. The van der Waals surface area contributed by atoms with E-state index >= 15 is 0 Å². The topological polar surface area (TPSA) is 76.0 Å². The standard InChI is InChI=1S/C14H13N5O/c1-2-5-12-16-13-10-6-3-4-7-11(10)18(9-8-15)14(20)19(13)17-12/h3-4,6-7H,2,5,9H2,1H3. The molecule has 3 aromatic rings. The van der Waals surface area contributed by atoms with Crippen molar-refractivity contribution >= 4 is 16.6 Å². The third-order valence-corrected chi connectivity index (χ3v) is 3.20. The molecule has 6 heteroatoms. The molecule has 3 rings (SSSR count). The third-order valence-electron chi connectivity index (χ3n) is 3.20. The van der Waals surface area contributed by atoms with Crippen LogP contribution < -0.4 is 5.69 Å². The Morgan fingerprint density at radius 2 is 2.15 bits per heavy atom. The van der Waals surface area contributed by atoms with Gasteiger partial charge in [0.15, 0.2) is 11.5 Å². The monoisotopic (exact) mass is 267 g/mol. The number of nitriles is 1. The maximum absolute atomic E-state index is 12.4. The Kier molecular flexibility index (Phi) is 2.95. The SMILES string of the molecule is CCCc1nc2c3ccccc3n(CC#N)c(=O)n2n1. The lowest BCUT2D eigenvalue weighted by Crippen LogP contribution is -2.27. The Balaban J connectivity index is 2.46. The fourth-order valence-corrected chi connectivity index (χ4v) is 2.33. The van der Waals surface area contributed by atoms with Crippen LogP contribution in [-0.2, 0) is 13.0 Å². The molecule has 100 valence electrons. The molecule has 2 heterocycles. The highest BCUT2D eigenvalue weighted by Crippen LogP contribution is 2.16. The molecule has 0 atom stereocenters. The number of benzene rings is 1. The van der Waals surface area contributed by atoms with Gasteiger partial charge >= 0.3 is 5.69 Å². The number of aryl methyl sites for hydroxylation is 1. The van der Waals surface area contributed by atoms with E-state index in [9.17, 15) is 4.79 Å². The summed E-state index contributed by atoms with van der Waals surface area (Å²) in [4.78, 5) is 16.9. The zero-order valence-electron chi connectivity index (χ0n) is 11.1. The minimum atomic E-state index is -0.324. The molecule has 0 N–H and O–H groups in total. The number of fused-ring (bicyclic) bond motifs is 3. The molecule has 20 heavy (non-hydrogen) atoms. The Hall–Kier alpha value is -2.68. The van der Waals surface area contributed by atoms with E-state index in [1.165, 1.54) is 9.08 Å². The fraction of sp³-hybridized carbons (Fsp3) is 0.286. The van der Waals surface area contributed by atoms with Gasteiger partial charge in [-0.1, -0.05) is 19.1 Å². The molecule has 6 nitrogen and oxygen atoms in total. The summed E-state index contributed by atoms with van der Waals surface area (Å²) in [7, 11) is 0. The van der Waals surface area contributed by atoms with Crippen LogP contribution in [0.3, 0.4) is 0 Å². The van der Waals surface area contributed by atoms with E-state index in [4.69, 9.17) is 5.26 Å². The molecule has 0 aliphatic heterocycles. The first kappa shape index (κ1) is 12.4. The second-order valence-electron chi connectivity index (χ2n) is 4.56. The number of hydrogen-bond acceptors (Lipinski definition) is 4. The molecule has 0 saturated carbocycles.